The standard InChI is InChI=1S/C13H12N2O3/c16-9-5-4-8-10(11(9)17)12(14-13(8)18)15-6-2-1-3-7-15/h4-5H,1-3,6-7H2. The Morgan fingerprint density at radius 2 is 1.72 bits per heavy atom. The van der Waals surface area contributed by atoms with E-state index in [0.29, 0.717) is 5.82 Å². The quantitative estimate of drug-likeness (QED) is 0.647. The zero-order chi connectivity index (χ0) is 12.7. The van der Waals surface area contributed by atoms with Crippen LogP contribution in [0, 0.1) is 10.4 Å². The lowest BCUT2D eigenvalue weighted by molar-refractivity contribution is 0.573. The molecule has 0 atom stereocenters. The molecule has 5 heteroatoms. The first-order valence-electron chi connectivity index (χ1n) is 6.08. The van der Waals surface area contributed by atoms with Gasteiger partial charge >= 0.3 is 0 Å². The zero-order valence-electron chi connectivity index (χ0n) is 9.81. The van der Waals surface area contributed by atoms with E-state index in [1.807, 2.05) is 4.90 Å². The maximum Gasteiger partial charge on any atom is 0.279 e. The van der Waals surface area contributed by atoms with Crippen molar-refractivity contribution in [1.82, 2.24) is 4.98 Å². The van der Waals surface area contributed by atoms with Gasteiger partial charge in [-0.1, -0.05) is 0 Å². The average Bonchev–Trinajstić information content (AvgIpc) is 2.73. The predicted octanol–water partition coefficient (Wildman–Crippen LogP) is -0.247. The summed E-state index contributed by atoms with van der Waals surface area (Å²) < 4.78 is 0. The Morgan fingerprint density at radius 1 is 1.00 bits per heavy atom. The van der Waals surface area contributed by atoms with E-state index in [2.05, 4.69) is 4.98 Å². The number of aromatic nitrogens is 1. The molecule has 5 nitrogen and oxygen atoms in total. The van der Waals surface area contributed by atoms with Crippen molar-refractivity contribution in [3.63, 3.8) is 0 Å². The molecule has 0 spiro atoms. The molecule has 3 aliphatic rings. The van der Waals surface area contributed by atoms with Crippen molar-refractivity contribution in [2.45, 2.75) is 19.3 Å². The molecule has 2 heterocycles. The van der Waals surface area contributed by atoms with Crippen LogP contribution in [-0.4, -0.2) is 18.1 Å². The van der Waals surface area contributed by atoms with Gasteiger partial charge < -0.3 is 4.90 Å². The third kappa shape index (κ3) is 1.54. The molecule has 0 aromatic carbocycles. The third-order valence-corrected chi connectivity index (χ3v) is 3.44. The zero-order valence-corrected chi connectivity index (χ0v) is 9.81. The molecule has 0 aromatic rings. The third-order valence-electron chi connectivity index (χ3n) is 3.44. The molecule has 0 radical (unpaired) electrons. The van der Waals surface area contributed by atoms with Crippen molar-refractivity contribution in [1.29, 1.82) is 0 Å². The van der Waals surface area contributed by atoms with Crippen LogP contribution in [-0.2, 0) is 0 Å². The number of anilines is 1. The largest absolute Gasteiger partial charge is 0.356 e. The number of hydrogen-bond donors (Lipinski definition) is 0. The van der Waals surface area contributed by atoms with Crippen molar-refractivity contribution in [2.24, 2.45) is 0 Å². The summed E-state index contributed by atoms with van der Waals surface area (Å²) in [4.78, 5) is 40.9. The molecule has 0 saturated carbocycles. The Bertz CT molecular complexity index is 783. The molecule has 0 N–H and O–H groups in total. The first-order chi connectivity index (χ1) is 8.68. The Morgan fingerprint density at radius 3 is 2.44 bits per heavy atom. The van der Waals surface area contributed by atoms with Crippen LogP contribution in [0.3, 0.4) is 0 Å². The summed E-state index contributed by atoms with van der Waals surface area (Å²) in [5.74, 6) is 0.400. The molecule has 0 unspecified atom stereocenters. The van der Waals surface area contributed by atoms with Gasteiger partial charge in [-0.2, -0.15) is 4.98 Å². The molecular weight excluding hydrogens is 232 g/mol. The topological polar surface area (TPSA) is 67.3 Å². The highest BCUT2D eigenvalue weighted by atomic mass is 16.2. The summed E-state index contributed by atoms with van der Waals surface area (Å²) in [5, 5.41) is 0.467. The van der Waals surface area contributed by atoms with Gasteiger partial charge in [0.05, 0.1) is 10.4 Å². The lowest BCUT2D eigenvalue weighted by Crippen LogP contribution is -2.32. The van der Waals surface area contributed by atoms with Gasteiger partial charge in [-0.05, 0) is 31.4 Å². The van der Waals surface area contributed by atoms with Crippen molar-refractivity contribution in [3.8, 4) is 0 Å². The number of hydrogen-bond acceptors (Lipinski definition) is 5. The Balaban J connectivity index is 2.33. The monoisotopic (exact) mass is 244 g/mol. The van der Waals surface area contributed by atoms with Gasteiger partial charge in [-0.15, -0.1) is 0 Å². The van der Waals surface area contributed by atoms with E-state index in [0.717, 1.165) is 38.4 Å². The summed E-state index contributed by atoms with van der Waals surface area (Å²) in [7, 11) is 0. The maximum atomic E-state index is 11.9. The van der Waals surface area contributed by atoms with Crippen LogP contribution in [0.25, 0.3) is 0 Å². The van der Waals surface area contributed by atoms with Gasteiger partial charge in [0.2, 0.25) is 10.9 Å². The normalized spacial score (nSPS) is 16.3. The number of nitrogens with zero attached hydrogens (tertiary/aromatic N) is 2. The lowest BCUT2D eigenvalue weighted by atomic mass is 10.1. The highest BCUT2D eigenvalue weighted by molar-refractivity contribution is 5.43. The fourth-order valence-corrected chi connectivity index (χ4v) is 2.51. The summed E-state index contributed by atoms with van der Waals surface area (Å²) in [5.41, 5.74) is -1.60. The van der Waals surface area contributed by atoms with Crippen molar-refractivity contribution >= 4 is 5.82 Å². The van der Waals surface area contributed by atoms with E-state index in [-0.39, 0.29) is 10.4 Å². The fourth-order valence-electron chi connectivity index (χ4n) is 2.51. The number of rotatable bonds is 1. The van der Waals surface area contributed by atoms with Crippen LogP contribution >= 0.6 is 0 Å². The van der Waals surface area contributed by atoms with Gasteiger partial charge in [0.15, 0.2) is 0 Å². The smallest absolute Gasteiger partial charge is 0.279 e. The van der Waals surface area contributed by atoms with E-state index in [4.69, 9.17) is 0 Å². The highest BCUT2D eigenvalue weighted by Crippen LogP contribution is 2.17. The minimum Gasteiger partial charge on any atom is -0.356 e. The van der Waals surface area contributed by atoms with Crippen LogP contribution in [0.5, 0.6) is 0 Å². The molecule has 0 amide bonds. The molecule has 1 saturated heterocycles. The Labute approximate surface area is 102 Å². The SMILES string of the molecule is O=c1ccc2c(=O)nc(N3CCCCC3)c=2c1=O. The van der Waals surface area contributed by atoms with E-state index < -0.39 is 16.4 Å². The second kappa shape index (κ2) is 4.01. The molecule has 3 rings (SSSR count). The first-order valence-corrected chi connectivity index (χ1v) is 6.08. The minimum atomic E-state index is -0.609. The van der Waals surface area contributed by atoms with Crippen LogP contribution in [0.1, 0.15) is 19.3 Å². The molecule has 1 fully saturated rings. The van der Waals surface area contributed by atoms with Gasteiger partial charge in [0.25, 0.3) is 5.56 Å². The number of piperidine rings is 1. The summed E-state index contributed by atoms with van der Waals surface area (Å²) in [6, 6.07) is 2.55. The lowest BCUT2D eigenvalue weighted by Gasteiger charge is -2.26. The van der Waals surface area contributed by atoms with Gasteiger partial charge in [-0.25, -0.2) is 0 Å². The van der Waals surface area contributed by atoms with Gasteiger partial charge in [0, 0.05) is 13.1 Å². The van der Waals surface area contributed by atoms with E-state index in [1.165, 1.54) is 6.07 Å². The van der Waals surface area contributed by atoms with Gasteiger partial charge in [0.1, 0.15) is 5.82 Å². The molecule has 92 valence electrons. The molecule has 0 aromatic heterocycles. The summed E-state index contributed by atoms with van der Waals surface area (Å²) in [6.45, 7) is 1.57. The molecule has 0 bridgehead atoms. The van der Waals surface area contributed by atoms with Crippen molar-refractivity contribution in [2.75, 3.05) is 18.0 Å². The van der Waals surface area contributed by atoms with Crippen molar-refractivity contribution in [3.05, 3.63) is 53.4 Å². The van der Waals surface area contributed by atoms with E-state index in [1.54, 1.807) is 0 Å². The summed E-state index contributed by atoms with van der Waals surface area (Å²) in [6.07, 6.45) is 3.19. The van der Waals surface area contributed by atoms with E-state index in [9.17, 15) is 14.4 Å². The van der Waals surface area contributed by atoms with Crippen LogP contribution in [0.2, 0.25) is 0 Å². The van der Waals surface area contributed by atoms with Crippen molar-refractivity contribution < 1.29 is 0 Å². The van der Waals surface area contributed by atoms with Crippen LogP contribution < -0.4 is 21.3 Å². The van der Waals surface area contributed by atoms with E-state index >= 15 is 0 Å². The van der Waals surface area contributed by atoms with Crippen LogP contribution in [0.4, 0.5) is 5.82 Å². The average molecular weight is 244 g/mol. The maximum absolute atomic E-state index is 11.9. The predicted molar refractivity (Wildman–Crippen MR) is 66.8 cm³/mol. The fraction of sp³-hybridized carbons (Fsp3) is 0.385. The minimum absolute atomic E-state index is 0.203. The highest BCUT2D eigenvalue weighted by Gasteiger charge is 2.18. The Hall–Kier alpha value is -2.04. The molecular formula is C13H12N2O3. The van der Waals surface area contributed by atoms with Gasteiger partial charge in [-0.3, -0.25) is 14.4 Å². The molecule has 1 aliphatic carbocycles. The first kappa shape index (κ1) is 11.1. The second-order valence-electron chi connectivity index (χ2n) is 4.60. The summed E-state index contributed by atoms with van der Waals surface area (Å²) >= 11 is 0. The molecule has 2 aliphatic heterocycles. The second-order valence-corrected chi connectivity index (χ2v) is 4.60. The molecule has 18 heavy (non-hydrogen) atoms. The Kier molecular flexibility index (Phi) is 2.47. The van der Waals surface area contributed by atoms with Crippen LogP contribution in [0.15, 0.2) is 26.5 Å².